The van der Waals surface area contributed by atoms with Gasteiger partial charge in [-0.25, -0.2) is 0 Å². The molecule has 0 radical (unpaired) electrons. The fraction of sp³-hybridized carbons (Fsp3) is 0.467. The van der Waals surface area contributed by atoms with Crippen molar-refractivity contribution in [1.82, 2.24) is 0 Å². The highest BCUT2D eigenvalue weighted by atomic mass is 79.9. The maximum absolute atomic E-state index is 12.0. The lowest BCUT2D eigenvalue weighted by Gasteiger charge is -2.22. The van der Waals surface area contributed by atoms with Crippen LogP contribution in [-0.2, 0) is 27.2 Å². The zero-order valence-corrected chi connectivity index (χ0v) is 12.8. The Bertz CT molecular complexity index is 596. The number of benzene rings is 1. The van der Waals surface area contributed by atoms with Gasteiger partial charge in [-0.2, -0.15) is 0 Å². The van der Waals surface area contributed by atoms with E-state index < -0.39 is 11.4 Å². The SMILES string of the molecule is CC(=O)C1(Cc2cc(Br)cc3c2OCC3)CCOC1=O. The molecule has 2 heterocycles. The molecule has 0 N–H and O–H groups in total. The van der Waals surface area contributed by atoms with Crippen LogP contribution >= 0.6 is 15.9 Å². The van der Waals surface area contributed by atoms with E-state index in [0.717, 1.165) is 27.8 Å². The van der Waals surface area contributed by atoms with Crippen LogP contribution in [0, 0.1) is 5.41 Å². The summed E-state index contributed by atoms with van der Waals surface area (Å²) >= 11 is 3.48. The minimum atomic E-state index is -1.04. The standard InChI is InChI=1S/C15H15BrO4/c1-9(17)15(3-5-20-14(15)18)8-11-7-12(16)6-10-2-4-19-13(10)11/h6-7H,2-5,8H2,1H3. The molecule has 1 atom stereocenters. The number of rotatable bonds is 3. The summed E-state index contributed by atoms with van der Waals surface area (Å²) in [6, 6.07) is 3.96. The molecule has 1 aromatic rings. The third kappa shape index (κ3) is 2.04. The van der Waals surface area contributed by atoms with Gasteiger partial charge in [0.1, 0.15) is 16.9 Å². The van der Waals surface area contributed by atoms with E-state index in [2.05, 4.69) is 15.9 Å². The van der Waals surface area contributed by atoms with Crippen molar-refractivity contribution in [2.24, 2.45) is 5.41 Å². The van der Waals surface area contributed by atoms with Gasteiger partial charge in [0.15, 0.2) is 0 Å². The first-order valence-corrected chi connectivity index (χ1v) is 7.44. The maximum atomic E-state index is 12.0. The highest BCUT2D eigenvalue weighted by molar-refractivity contribution is 9.10. The largest absolute Gasteiger partial charge is 0.493 e. The second-order valence-electron chi connectivity index (χ2n) is 5.35. The number of fused-ring (bicyclic) bond motifs is 1. The molecule has 4 nitrogen and oxygen atoms in total. The van der Waals surface area contributed by atoms with E-state index >= 15 is 0 Å². The fourth-order valence-corrected chi connectivity index (χ4v) is 3.52. The van der Waals surface area contributed by atoms with Gasteiger partial charge in [0.05, 0.1) is 13.2 Å². The van der Waals surface area contributed by atoms with E-state index in [4.69, 9.17) is 9.47 Å². The summed E-state index contributed by atoms with van der Waals surface area (Å²) in [6.07, 6.45) is 1.66. The van der Waals surface area contributed by atoms with Gasteiger partial charge in [-0.05, 0) is 36.6 Å². The predicted octanol–water partition coefficient (Wildman–Crippen LogP) is 2.45. The first-order valence-electron chi connectivity index (χ1n) is 6.65. The summed E-state index contributed by atoms with van der Waals surface area (Å²) < 4.78 is 11.7. The average Bonchev–Trinajstić information content (AvgIpc) is 2.97. The minimum Gasteiger partial charge on any atom is -0.493 e. The number of cyclic esters (lactones) is 1. The van der Waals surface area contributed by atoms with Crippen LogP contribution in [0.1, 0.15) is 24.5 Å². The van der Waals surface area contributed by atoms with Crippen LogP contribution < -0.4 is 4.74 Å². The van der Waals surface area contributed by atoms with Crippen molar-refractivity contribution in [2.75, 3.05) is 13.2 Å². The number of hydrogen-bond donors (Lipinski definition) is 0. The van der Waals surface area contributed by atoms with Gasteiger partial charge in [-0.1, -0.05) is 15.9 Å². The average molecular weight is 339 g/mol. The molecule has 1 fully saturated rings. The Balaban J connectivity index is 2.02. The Morgan fingerprint density at radius 1 is 1.35 bits per heavy atom. The first kappa shape index (κ1) is 13.6. The molecule has 0 aromatic heterocycles. The van der Waals surface area contributed by atoms with Gasteiger partial charge in [0, 0.05) is 17.3 Å². The third-order valence-corrected chi connectivity index (χ3v) is 4.60. The molecule has 2 aliphatic rings. The second kappa shape index (κ2) is 4.88. The molecule has 0 spiro atoms. The number of Topliss-reactive ketones (excluding diaryl/α,β-unsaturated/α-hetero) is 1. The summed E-state index contributed by atoms with van der Waals surface area (Å²) in [7, 11) is 0. The molecule has 20 heavy (non-hydrogen) atoms. The molecular formula is C15H15BrO4. The smallest absolute Gasteiger partial charge is 0.320 e. The lowest BCUT2D eigenvalue weighted by atomic mass is 9.77. The summed E-state index contributed by atoms with van der Waals surface area (Å²) in [5, 5.41) is 0. The van der Waals surface area contributed by atoms with E-state index in [1.54, 1.807) is 0 Å². The maximum Gasteiger partial charge on any atom is 0.320 e. The molecule has 0 saturated carbocycles. The lowest BCUT2D eigenvalue weighted by molar-refractivity contribution is -0.150. The Labute approximate surface area is 125 Å². The van der Waals surface area contributed by atoms with Gasteiger partial charge in [0.25, 0.3) is 0 Å². The summed E-state index contributed by atoms with van der Waals surface area (Å²) in [6.45, 7) is 2.43. The molecule has 0 bridgehead atoms. The number of ether oxygens (including phenoxy) is 2. The van der Waals surface area contributed by atoms with E-state index in [-0.39, 0.29) is 5.78 Å². The van der Waals surface area contributed by atoms with Crippen molar-refractivity contribution in [3.05, 3.63) is 27.7 Å². The molecule has 0 aliphatic carbocycles. The number of carbonyl (C=O) groups is 2. The van der Waals surface area contributed by atoms with Gasteiger partial charge in [-0.3, -0.25) is 9.59 Å². The van der Waals surface area contributed by atoms with Gasteiger partial charge in [0.2, 0.25) is 0 Å². The zero-order valence-electron chi connectivity index (χ0n) is 11.2. The third-order valence-electron chi connectivity index (χ3n) is 4.14. The number of hydrogen-bond acceptors (Lipinski definition) is 4. The van der Waals surface area contributed by atoms with E-state index in [0.29, 0.717) is 26.1 Å². The summed E-state index contributed by atoms with van der Waals surface area (Å²) in [5.74, 6) is 0.289. The number of carbonyl (C=O) groups excluding carboxylic acids is 2. The molecule has 106 valence electrons. The Kier molecular flexibility index (Phi) is 3.32. The highest BCUT2D eigenvalue weighted by Gasteiger charge is 2.49. The van der Waals surface area contributed by atoms with Gasteiger partial charge in [-0.15, -0.1) is 0 Å². The van der Waals surface area contributed by atoms with Crippen LogP contribution in [0.4, 0.5) is 0 Å². The minimum absolute atomic E-state index is 0.133. The summed E-state index contributed by atoms with van der Waals surface area (Å²) in [5.41, 5.74) is 0.987. The van der Waals surface area contributed by atoms with Crippen molar-refractivity contribution in [2.45, 2.75) is 26.2 Å². The van der Waals surface area contributed by atoms with Crippen molar-refractivity contribution in [1.29, 1.82) is 0 Å². The Hall–Kier alpha value is -1.36. The topological polar surface area (TPSA) is 52.6 Å². The van der Waals surface area contributed by atoms with Crippen LogP contribution in [0.25, 0.3) is 0 Å². The van der Waals surface area contributed by atoms with Gasteiger partial charge < -0.3 is 9.47 Å². The molecule has 1 saturated heterocycles. The van der Waals surface area contributed by atoms with E-state index in [1.165, 1.54) is 6.92 Å². The number of halogens is 1. The van der Waals surface area contributed by atoms with Crippen molar-refractivity contribution >= 4 is 27.7 Å². The van der Waals surface area contributed by atoms with Crippen LogP contribution in [0.3, 0.4) is 0 Å². The van der Waals surface area contributed by atoms with Crippen molar-refractivity contribution < 1.29 is 19.1 Å². The Morgan fingerprint density at radius 3 is 2.80 bits per heavy atom. The quantitative estimate of drug-likeness (QED) is 0.627. The molecule has 3 rings (SSSR count). The highest BCUT2D eigenvalue weighted by Crippen LogP contribution is 2.41. The van der Waals surface area contributed by atoms with Crippen LogP contribution in [-0.4, -0.2) is 25.0 Å². The van der Waals surface area contributed by atoms with Crippen LogP contribution in [0.15, 0.2) is 16.6 Å². The van der Waals surface area contributed by atoms with Crippen molar-refractivity contribution in [3.63, 3.8) is 0 Å². The second-order valence-corrected chi connectivity index (χ2v) is 6.27. The summed E-state index contributed by atoms with van der Waals surface area (Å²) in [4.78, 5) is 24.0. The van der Waals surface area contributed by atoms with E-state index in [9.17, 15) is 9.59 Å². The molecule has 2 aliphatic heterocycles. The lowest BCUT2D eigenvalue weighted by Crippen LogP contribution is -2.36. The Morgan fingerprint density at radius 2 is 2.15 bits per heavy atom. The number of esters is 1. The molecule has 1 unspecified atom stereocenters. The fourth-order valence-electron chi connectivity index (χ4n) is 2.97. The first-order chi connectivity index (χ1) is 9.53. The van der Waals surface area contributed by atoms with Crippen LogP contribution in [0.2, 0.25) is 0 Å². The molecule has 0 amide bonds. The molecular weight excluding hydrogens is 324 g/mol. The van der Waals surface area contributed by atoms with Crippen molar-refractivity contribution in [3.8, 4) is 5.75 Å². The normalized spacial score (nSPS) is 24.2. The predicted molar refractivity (Wildman–Crippen MR) is 75.7 cm³/mol. The number of ketones is 1. The zero-order chi connectivity index (χ0) is 14.3. The molecule has 1 aromatic carbocycles. The van der Waals surface area contributed by atoms with Gasteiger partial charge >= 0.3 is 5.97 Å². The van der Waals surface area contributed by atoms with Crippen LogP contribution in [0.5, 0.6) is 5.75 Å². The monoisotopic (exact) mass is 338 g/mol. The van der Waals surface area contributed by atoms with E-state index in [1.807, 2.05) is 12.1 Å². The molecule has 5 heteroatoms.